The highest BCUT2D eigenvalue weighted by Gasteiger charge is 2.37. The van der Waals surface area contributed by atoms with Crippen LogP contribution < -0.4 is 86.3 Å². The zero-order chi connectivity index (χ0) is 79.9. The van der Waals surface area contributed by atoms with Crippen LogP contribution in [-0.2, 0) is 101 Å². The molecule has 42 heteroatoms. The number of H-pyrrole nitrogens is 1. The number of imidazole rings is 1. The minimum Gasteiger partial charge on any atom is -0.508 e. The highest BCUT2D eigenvalue weighted by molar-refractivity contribution is 6.00. The van der Waals surface area contributed by atoms with E-state index in [9.17, 15) is 112 Å². The minimum atomic E-state index is -2.11. The predicted octanol–water partition coefficient (Wildman–Crippen LogP) is -8.78. The van der Waals surface area contributed by atoms with Crippen LogP contribution in [0.4, 0.5) is 0 Å². The van der Waals surface area contributed by atoms with E-state index in [4.69, 9.17) is 22.3 Å². The Morgan fingerprint density at radius 1 is 0.411 bits per heavy atom. The Kier molecular flexibility index (Phi) is 39.2. The molecule has 2 aromatic carbocycles. The molecule has 0 saturated carbocycles. The molecule has 0 spiro atoms. The fourth-order valence-corrected chi connectivity index (χ4v) is 9.94. The summed E-state index contributed by atoms with van der Waals surface area (Å²) in [6.45, 7) is -0.893. The molecule has 27 N–H and O–H groups in total. The molecule has 3 rings (SSSR count). The van der Waals surface area contributed by atoms with Gasteiger partial charge in [-0.2, -0.15) is 0 Å². The van der Waals surface area contributed by atoms with Gasteiger partial charge in [-0.1, -0.05) is 42.5 Å². The van der Waals surface area contributed by atoms with Gasteiger partial charge in [0.15, 0.2) is 0 Å². The highest BCUT2D eigenvalue weighted by atomic mass is 16.4. The summed E-state index contributed by atoms with van der Waals surface area (Å²) in [7, 11) is 0. The fourth-order valence-electron chi connectivity index (χ4n) is 9.94. The topological polar surface area (TPSA) is 695 Å². The number of aromatic nitrogens is 2. The van der Waals surface area contributed by atoms with Gasteiger partial charge < -0.3 is 127 Å². The molecule has 13 amide bonds. The molecule has 42 nitrogen and oxygen atoms in total. The van der Waals surface area contributed by atoms with E-state index in [0.29, 0.717) is 30.4 Å². The van der Waals surface area contributed by atoms with Gasteiger partial charge in [-0.05, 0) is 95.1 Å². The molecule has 0 aliphatic carbocycles. The molecule has 0 unspecified atom stereocenters. The molecule has 1 heterocycles. The summed E-state index contributed by atoms with van der Waals surface area (Å²) in [5, 5.41) is 97.7. The lowest BCUT2D eigenvalue weighted by Crippen LogP contribution is -2.61. The van der Waals surface area contributed by atoms with Crippen LogP contribution in [0.25, 0.3) is 0 Å². The number of aliphatic carboxylic acids is 4. The number of aliphatic hydroxyl groups excluding tert-OH is 2. The number of carbonyl (C=O) groups excluding carboxylic acids is 13. The van der Waals surface area contributed by atoms with Crippen LogP contribution in [0.3, 0.4) is 0 Å². The molecular formula is C65H94N18O24. The van der Waals surface area contributed by atoms with Gasteiger partial charge in [0.2, 0.25) is 76.8 Å². The number of nitrogens with one attached hydrogen (secondary N) is 14. The fraction of sp³-hybridized carbons (Fsp3) is 0.508. The lowest BCUT2D eigenvalue weighted by atomic mass is 10.0. The average Bonchev–Trinajstić information content (AvgIpc) is 1.49. The molecule has 1 aromatic heterocycles. The summed E-state index contributed by atoms with van der Waals surface area (Å²) in [5.41, 5.74) is 17.8. The van der Waals surface area contributed by atoms with E-state index in [1.54, 1.807) is 35.6 Å². The van der Waals surface area contributed by atoms with Gasteiger partial charge in [0.05, 0.1) is 45.5 Å². The zero-order valence-corrected chi connectivity index (χ0v) is 58.5. The van der Waals surface area contributed by atoms with Crippen LogP contribution in [0.1, 0.15) is 94.9 Å². The zero-order valence-electron chi connectivity index (χ0n) is 58.5. The number of carboxylic acid groups (broad SMARTS) is 4. The number of carboxylic acids is 4. The number of hydrogen-bond donors (Lipinski definition) is 24. The van der Waals surface area contributed by atoms with Crippen molar-refractivity contribution in [2.45, 2.75) is 170 Å². The van der Waals surface area contributed by atoms with Gasteiger partial charge in [-0.15, -0.1) is 0 Å². The monoisotopic (exact) mass is 1510 g/mol. The first kappa shape index (κ1) is 89.5. The van der Waals surface area contributed by atoms with Crippen molar-refractivity contribution in [3.63, 3.8) is 0 Å². The Hall–Kier alpha value is -11.8. The van der Waals surface area contributed by atoms with Crippen LogP contribution in [0.5, 0.6) is 5.75 Å². The van der Waals surface area contributed by atoms with E-state index in [1.807, 2.05) is 10.6 Å². The van der Waals surface area contributed by atoms with E-state index in [0.717, 1.165) is 0 Å². The second-order valence-corrected chi connectivity index (χ2v) is 24.4. The van der Waals surface area contributed by atoms with E-state index in [2.05, 4.69) is 63.1 Å². The number of amides is 13. The number of benzene rings is 2. The maximum absolute atomic E-state index is 14.5. The molecule has 3 aromatic rings. The summed E-state index contributed by atoms with van der Waals surface area (Å²) < 4.78 is 0. The average molecular weight is 1510 g/mol. The van der Waals surface area contributed by atoms with Crippen molar-refractivity contribution in [2.75, 3.05) is 39.4 Å². The first-order valence-electron chi connectivity index (χ1n) is 33.6. The van der Waals surface area contributed by atoms with Crippen LogP contribution in [0.2, 0.25) is 0 Å². The smallest absolute Gasteiger partial charge is 0.326 e. The van der Waals surface area contributed by atoms with Crippen molar-refractivity contribution in [2.24, 2.45) is 17.2 Å². The third-order valence-corrected chi connectivity index (χ3v) is 15.8. The van der Waals surface area contributed by atoms with Gasteiger partial charge in [0.1, 0.15) is 78.3 Å². The first-order valence-corrected chi connectivity index (χ1v) is 33.6. The van der Waals surface area contributed by atoms with Crippen molar-refractivity contribution < 1.29 is 117 Å². The van der Waals surface area contributed by atoms with Crippen LogP contribution in [0, 0.1) is 0 Å². The Labute approximate surface area is 611 Å². The van der Waals surface area contributed by atoms with Gasteiger partial charge in [0, 0.05) is 37.6 Å². The number of rotatable bonds is 50. The quantitative estimate of drug-likeness (QED) is 0.0233. The number of phenolic OH excluding ortho intramolecular Hbond substituents is 1. The molecule has 0 radical (unpaired) electrons. The number of unbranched alkanes of at least 4 members (excludes halogenated alkanes) is 2. The number of hydrogen-bond acceptors (Lipinski definition) is 24. The lowest BCUT2D eigenvalue weighted by Gasteiger charge is -2.26. The number of aromatic hydroxyl groups is 1. The van der Waals surface area contributed by atoms with Crippen molar-refractivity contribution >= 4 is 101 Å². The molecule has 0 fully saturated rings. The summed E-state index contributed by atoms with van der Waals surface area (Å²) in [6.07, 6.45) is -0.566. The van der Waals surface area contributed by atoms with E-state index < -0.39 is 225 Å². The summed E-state index contributed by atoms with van der Waals surface area (Å²) >= 11 is 0. The van der Waals surface area contributed by atoms with E-state index in [-0.39, 0.29) is 63.1 Å². The van der Waals surface area contributed by atoms with Gasteiger partial charge in [0.25, 0.3) is 0 Å². The van der Waals surface area contributed by atoms with Crippen LogP contribution in [-0.4, -0.2) is 258 Å². The summed E-state index contributed by atoms with van der Waals surface area (Å²) in [5.74, 6) is -20.8. The molecule has 107 heavy (non-hydrogen) atoms. The van der Waals surface area contributed by atoms with Crippen molar-refractivity contribution in [1.29, 1.82) is 0 Å². The summed E-state index contributed by atoms with van der Waals surface area (Å²) in [6, 6.07) is -7.00. The molecule has 588 valence electrons. The first-order chi connectivity index (χ1) is 50.7. The third kappa shape index (κ3) is 33.3. The van der Waals surface area contributed by atoms with Crippen molar-refractivity contribution in [3.05, 3.63) is 83.9 Å². The maximum atomic E-state index is 14.5. The van der Waals surface area contributed by atoms with Crippen molar-refractivity contribution in [1.82, 2.24) is 79.1 Å². The van der Waals surface area contributed by atoms with Gasteiger partial charge in [-0.3, -0.25) is 76.7 Å². The maximum Gasteiger partial charge on any atom is 0.326 e. The molecule has 12 atom stereocenters. The Bertz CT molecular complexity index is 3540. The Morgan fingerprint density at radius 2 is 0.804 bits per heavy atom. The lowest BCUT2D eigenvalue weighted by molar-refractivity contribution is -0.148. The Morgan fingerprint density at radius 3 is 1.25 bits per heavy atom. The normalized spacial score (nSPS) is 14.3. The number of aliphatic hydroxyl groups is 2. The standard InChI is InChI=1S/C65H94N18O24/c1-33(72-57(98)39(12-6-8-20-66)74-49(87)27-68)54(95)76-41(18-19-51(89)90)59(100)78-43(23-36-14-16-38(86)17-15-36)60(101)79-44(24-37-28-69-32-71-37)56(97)70-29-50(88)75-40(13-7-9-21-67)58(99)73-34(2)55(96)77-42(22-35-10-4-3-5-11-35)61(102)82-48(31-85)64(105)83-47(30-84)63(104)80-45(25-52(91)92)62(103)81-46(65(106)107)26-53(93)94/h3-5,10-11,14-17,28,32-34,39-48,84-86H,6-9,12-13,18-27,29-31,66-68H2,1-2H3,(H,69,71)(H,70,97)(H,72,98)(H,73,99)(H,74,87)(H,75,88)(H,76,95)(H,77,96)(H,78,100)(H,79,101)(H,80,104)(H,81,103)(H,82,102)(H,83,105)(H,89,90)(H,91,92)(H,93,94)(H,106,107)/t33-,34-,39-,40-,41-,42-,43-,44-,45-,46-,47-,48-/m0/s1. The van der Waals surface area contributed by atoms with Crippen LogP contribution in [0.15, 0.2) is 67.1 Å². The highest BCUT2D eigenvalue weighted by Crippen LogP contribution is 2.14. The third-order valence-electron chi connectivity index (χ3n) is 15.8. The molecule has 0 aliphatic heterocycles. The number of carbonyl (C=O) groups is 17. The van der Waals surface area contributed by atoms with E-state index >= 15 is 0 Å². The van der Waals surface area contributed by atoms with Crippen LogP contribution >= 0.6 is 0 Å². The largest absolute Gasteiger partial charge is 0.508 e. The van der Waals surface area contributed by atoms with E-state index in [1.165, 1.54) is 50.6 Å². The SMILES string of the molecule is C[C@H](NC(=O)[C@H](CCCCN)NC(=O)CN)C(=O)N[C@@H](CCC(=O)O)C(=O)N[C@@H](Cc1ccc(O)cc1)C(=O)N[C@@H](Cc1cnc[nH]1)C(=O)NCC(=O)N[C@@H](CCCCN)C(=O)N[C@@H](C)C(=O)N[C@@H](Cc1ccccc1)C(=O)N[C@@H](CO)C(=O)N[C@@H](CO)C(=O)N[C@@H](CC(=O)O)C(=O)N[C@@H](CC(=O)O)C(=O)O. The second-order valence-electron chi connectivity index (χ2n) is 24.4. The summed E-state index contributed by atoms with van der Waals surface area (Å²) in [4.78, 5) is 230. The molecule has 0 bridgehead atoms. The molecule has 0 aliphatic rings. The number of nitrogens with zero attached hydrogens (tertiary/aromatic N) is 1. The number of aromatic amines is 1. The number of phenols is 1. The Balaban J connectivity index is 1.83. The van der Waals surface area contributed by atoms with Crippen molar-refractivity contribution in [3.8, 4) is 5.75 Å². The molecule has 0 saturated heterocycles. The second kappa shape index (κ2) is 46.9. The number of nitrogens with two attached hydrogens (primary N) is 3. The van der Waals surface area contributed by atoms with Gasteiger partial charge in [-0.25, -0.2) is 9.78 Å². The van der Waals surface area contributed by atoms with Gasteiger partial charge >= 0.3 is 23.9 Å². The minimum absolute atomic E-state index is 0.102. The molecular weight excluding hydrogens is 1420 g/mol. The predicted molar refractivity (Wildman–Crippen MR) is 370 cm³/mol.